The Balaban J connectivity index is 2.43. The van der Waals surface area contributed by atoms with Crippen LogP contribution in [0.4, 0.5) is 4.39 Å². The van der Waals surface area contributed by atoms with E-state index >= 15 is 0 Å². The van der Waals surface area contributed by atoms with E-state index in [-0.39, 0.29) is 18.8 Å². The molecule has 1 rings (SSSR count). The predicted molar refractivity (Wildman–Crippen MR) is 54.4 cm³/mol. The molecule has 0 aliphatic heterocycles. The van der Waals surface area contributed by atoms with E-state index in [2.05, 4.69) is 10.3 Å². The van der Waals surface area contributed by atoms with Crippen molar-refractivity contribution in [2.75, 3.05) is 20.3 Å². The van der Waals surface area contributed by atoms with Crippen LogP contribution in [0, 0.1) is 5.82 Å². The number of amides is 1. The van der Waals surface area contributed by atoms with Crippen molar-refractivity contribution in [3.05, 3.63) is 29.8 Å². The molecular formula is C10H13FN2O3. The lowest BCUT2D eigenvalue weighted by atomic mass is 10.3. The van der Waals surface area contributed by atoms with Gasteiger partial charge in [-0.2, -0.15) is 0 Å². The molecule has 0 fully saturated rings. The number of halogens is 1. The zero-order valence-corrected chi connectivity index (χ0v) is 8.81. The van der Waals surface area contributed by atoms with Crippen LogP contribution < -0.4 is 5.32 Å². The van der Waals surface area contributed by atoms with Gasteiger partial charge in [0, 0.05) is 13.7 Å². The van der Waals surface area contributed by atoms with Crippen LogP contribution in [0.25, 0.3) is 0 Å². The van der Waals surface area contributed by atoms with E-state index in [0.717, 1.165) is 12.3 Å². The van der Waals surface area contributed by atoms with Crippen LogP contribution in [0.1, 0.15) is 10.5 Å². The van der Waals surface area contributed by atoms with E-state index in [1.807, 2.05) is 0 Å². The fourth-order valence-electron chi connectivity index (χ4n) is 1.06. The van der Waals surface area contributed by atoms with E-state index in [1.54, 1.807) is 0 Å². The Kier molecular flexibility index (Phi) is 4.81. The number of nitrogens with zero attached hydrogens (tertiary/aromatic N) is 1. The molecule has 1 heterocycles. The van der Waals surface area contributed by atoms with Gasteiger partial charge in [0.1, 0.15) is 11.5 Å². The molecule has 0 saturated carbocycles. The lowest BCUT2D eigenvalue weighted by Crippen LogP contribution is -2.34. The number of methoxy groups -OCH3 is 1. The predicted octanol–water partition coefficient (Wildman–Crippen LogP) is -0.0422. The van der Waals surface area contributed by atoms with Crippen LogP contribution >= 0.6 is 0 Å². The summed E-state index contributed by atoms with van der Waals surface area (Å²) in [6.45, 7) is 0.197. The monoisotopic (exact) mass is 228 g/mol. The maximum Gasteiger partial charge on any atom is 0.269 e. The summed E-state index contributed by atoms with van der Waals surface area (Å²) in [6.07, 6.45) is 0.190. The SMILES string of the molecule is COCC(O)CNC(=O)c1ccc(F)cn1. The summed E-state index contributed by atoms with van der Waals surface area (Å²) in [5, 5.41) is 11.7. The van der Waals surface area contributed by atoms with E-state index in [4.69, 9.17) is 4.74 Å². The molecule has 2 N–H and O–H groups in total. The molecule has 88 valence electrons. The second-order valence-electron chi connectivity index (χ2n) is 3.18. The number of carbonyl (C=O) groups is 1. The molecule has 0 radical (unpaired) electrons. The van der Waals surface area contributed by atoms with Crippen LogP contribution in [0.3, 0.4) is 0 Å². The van der Waals surface area contributed by atoms with Crippen molar-refractivity contribution in [3.8, 4) is 0 Å². The molecule has 0 spiro atoms. The van der Waals surface area contributed by atoms with Gasteiger partial charge in [-0.3, -0.25) is 4.79 Å². The summed E-state index contributed by atoms with van der Waals surface area (Å²) in [7, 11) is 1.45. The number of hydrogen-bond donors (Lipinski definition) is 2. The minimum absolute atomic E-state index is 0.0612. The summed E-state index contributed by atoms with van der Waals surface area (Å²) >= 11 is 0. The molecule has 1 unspecified atom stereocenters. The fraction of sp³-hybridized carbons (Fsp3) is 0.400. The number of carbonyl (C=O) groups excluding carboxylic acids is 1. The van der Waals surface area contributed by atoms with Gasteiger partial charge in [-0.15, -0.1) is 0 Å². The van der Waals surface area contributed by atoms with Gasteiger partial charge >= 0.3 is 0 Å². The highest BCUT2D eigenvalue weighted by molar-refractivity contribution is 5.92. The molecule has 5 nitrogen and oxygen atoms in total. The molecule has 16 heavy (non-hydrogen) atoms. The highest BCUT2D eigenvalue weighted by Gasteiger charge is 2.09. The molecule has 0 aliphatic carbocycles. The Labute approximate surface area is 92.3 Å². The third kappa shape index (κ3) is 3.92. The Morgan fingerprint density at radius 1 is 1.69 bits per heavy atom. The first-order chi connectivity index (χ1) is 7.63. The van der Waals surface area contributed by atoms with Gasteiger partial charge in [-0.1, -0.05) is 0 Å². The van der Waals surface area contributed by atoms with Gasteiger partial charge in [0.25, 0.3) is 5.91 Å². The Morgan fingerprint density at radius 3 is 3.00 bits per heavy atom. The average Bonchev–Trinajstić information content (AvgIpc) is 2.27. The molecule has 0 bridgehead atoms. The quantitative estimate of drug-likeness (QED) is 0.741. The second-order valence-corrected chi connectivity index (χ2v) is 3.18. The van der Waals surface area contributed by atoms with Gasteiger partial charge in [-0.05, 0) is 12.1 Å². The van der Waals surface area contributed by atoms with E-state index < -0.39 is 17.8 Å². The maximum absolute atomic E-state index is 12.5. The van der Waals surface area contributed by atoms with Gasteiger partial charge in [0.2, 0.25) is 0 Å². The van der Waals surface area contributed by atoms with Gasteiger partial charge in [0.05, 0.1) is 18.9 Å². The number of rotatable bonds is 5. The molecule has 0 aliphatic rings. The Hall–Kier alpha value is -1.53. The topological polar surface area (TPSA) is 71.5 Å². The number of ether oxygens (including phenoxy) is 1. The molecule has 0 aromatic carbocycles. The Bertz CT molecular complexity index is 342. The summed E-state index contributed by atoms with van der Waals surface area (Å²) in [5.41, 5.74) is 0.103. The summed E-state index contributed by atoms with van der Waals surface area (Å²) < 4.78 is 17.2. The van der Waals surface area contributed by atoms with Crippen molar-refractivity contribution >= 4 is 5.91 Å². The van der Waals surface area contributed by atoms with Crippen molar-refractivity contribution < 1.29 is 19.0 Å². The van der Waals surface area contributed by atoms with Crippen LogP contribution in [0.2, 0.25) is 0 Å². The third-order valence-corrected chi connectivity index (χ3v) is 1.82. The van der Waals surface area contributed by atoms with Crippen molar-refractivity contribution in [3.63, 3.8) is 0 Å². The number of aliphatic hydroxyl groups is 1. The smallest absolute Gasteiger partial charge is 0.269 e. The van der Waals surface area contributed by atoms with Crippen LogP contribution in [0.15, 0.2) is 18.3 Å². The van der Waals surface area contributed by atoms with Gasteiger partial charge < -0.3 is 15.2 Å². The molecule has 1 atom stereocenters. The first-order valence-electron chi connectivity index (χ1n) is 4.70. The number of hydrogen-bond acceptors (Lipinski definition) is 4. The maximum atomic E-state index is 12.5. The zero-order chi connectivity index (χ0) is 12.0. The van der Waals surface area contributed by atoms with Crippen molar-refractivity contribution in [2.24, 2.45) is 0 Å². The average molecular weight is 228 g/mol. The molecular weight excluding hydrogens is 215 g/mol. The number of pyridine rings is 1. The second kappa shape index (κ2) is 6.14. The lowest BCUT2D eigenvalue weighted by molar-refractivity contribution is 0.0608. The van der Waals surface area contributed by atoms with Crippen molar-refractivity contribution in [2.45, 2.75) is 6.10 Å². The number of aliphatic hydroxyl groups excluding tert-OH is 1. The molecule has 1 aromatic heterocycles. The van der Waals surface area contributed by atoms with Crippen LogP contribution in [0.5, 0.6) is 0 Å². The highest BCUT2D eigenvalue weighted by Crippen LogP contribution is 1.97. The lowest BCUT2D eigenvalue weighted by Gasteiger charge is -2.10. The van der Waals surface area contributed by atoms with Crippen LogP contribution in [-0.2, 0) is 4.74 Å². The van der Waals surface area contributed by atoms with E-state index in [9.17, 15) is 14.3 Å². The van der Waals surface area contributed by atoms with E-state index in [1.165, 1.54) is 13.2 Å². The van der Waals surface area contributed by atoms with Crippen LogP contribution in [-0.4, -0.2) is 42.4 Å². The first kappa shape index (κ1) is 12.5. The summed E-state index contributed by atoms with van der Waals surface area (Å²) in [4.78, 5) is 15.0. The molecule has 1 aromatic rings. The number of aromatic nitrogens is 1. The molecule has 0 saturated heterocycles. The minimum Gasteiger partial charge on any atom is -0.389 e. The Morgan fingerprint density at radius 2 is 2.44 bits per heavy atom. The van der Waals surface area contributed by atoms with Crippen molar-refractivity contribution in [1.82, 2.24) is 10.3 Å². The fourth-order valence-corrected chi connectivity index (χ4v) is 1.06. The van der Waals surface area contributed by atoms with Crippen molar-refractivity contribution in [1.29, 1.82) is 0 Å². The molecule has 6 heteroatoms. The summed E-state index contributed by atoms with van der Waals surface area (Å²) in [5.74, 6) is -0.967. The number of nitrogens with one attached hydrogen (secondary N) is 1. The third-order valence-electron chi connectivity index (χ3n) is 1.82. The largest absolute Gasteiger partial charge is 0.389 e. The first-order valence-corrected chi connectivity index (χ1v) is 4.70. The molecule has 1 amide bonds. The minimum atomic E-state index is -0.769. The standard InChI is InChI=1S/C10H13FN2O3/c1-16-6-8(14)5-13-10(15)9-3-2-7(11)4-12-9/h2-4,8,14H,5-6H2,1H3,(H,13,15). The highest BCUT2D eigenvalue weighted by atomic mass is 19.1. The van der Waals surface area contributed by atoms with Gasteiger partial charge in [0.15, 0.2) is 0 Å². The zero-order valence-electron chi connectivity index (χ0n) is 8.81. The summed E-state index contributed by atoms with van der Waals surface area (Å²) in [6, 6.07) is 2.42. The normalized spacial score (nSPS) is 12.2. The van der Waals surface area contributed by atoms with Gasteiger partial charge in [-0.25, -0.2) is 9.37 Å². The van der Waals surface area contributed by atoms with E-state index in [0.29, 0.717) is 0 Å².